The van der Waals surface area contributed by atoms with Crippen molar-refractivity contribution in [3.63, 3.8) is 0 Å². The van der Waals surface area contributed by atoms with E-state index in [2.05, 4.69) is 50.7 Å². The third-order valence-electron chi connectivity index (χ3n) is 4.47. The van der Waals surface area contributed by atoms with E-state index in [4.69, 9.17) is 4.98 Å². The summed E-state index contributed by atoms with van der Waals surface area (Å²) in [6.07, 6.45) is 2.37. The number of hydrogen-bond donors (Lipinski definition) is 2. The molecule has 0 radical (unpaired) electrons. The maximum atomic E-state index is 4.82. The number of nitrogens with zero attached hydrogens (tertiary/aromatic N) is 3. The number of fused-ring (bicyclic) bond motifs is 1. The van der Waals surface area contributed by atoms with Crippen LogP contribution in [0.4, 0.5) is 5.13 Å². The minimum atomic E-state index is 0.363. The smallest absolute Gasteiger partial charge is 0.182 e. The Morgan fingerprint density at radius 1 is 1.39 bits per heavy atom. The minimum absolute atomic E-state index is 0.363. The summed E-state index contributed by atoms with van der Waals surface area (Å²) in [6.45, 7) is 4.11. The van der Waals surface area contributed by atoms with E-state index in [0.29, 0.717) is 6.04 Å². The van der Waals surface area contributed by atoms with Crippen LogP contribution in [0.5, 0.6) is 0 Å². The molecule has 3 aromatic rings. The van der Waals surface area contributed by atoms with E-state index >= 15 is 0 Å². The van der Waals surface area contributed by atoms with Crippen molar-refractivity contribution in [3.8, 4) is 0 Å². The molecule has 1 fully saturated rings. The number of rotatable bonds is 4. The minimum Gasteiger partial charge on any atom is -0.365 e. The van der Waals surface area contributed by atoms with Gasteiger partial charge in [-0.1, -0.05) is 6.07 Å². The number of benzene rings is 1. The van der Waals surface area contributed by atoms with Crippen molar-refractivity contribution < 1.29 is 0 Å². The van der Waals surface area contributed by atoms with Crippen molar-refractivity contribution in [2.24, 2.45) is 0 Å². The van der Waals surface area contributed by atoms with Crippen LogP contribution in [0.1, 0.15) is 36.0 Å². The van der Waals surface area contributed by atoms with Gasteiger partial charge >= 0.3 is 0 Å². The van der Waals surface area contributed by atoms with Crippen LogP contribution in [0.25, 0.3) is 11.0 Å². The summed E-state index contributed by atoms with van der Waals surface area (Å²) in [5.74, 6) is 1.09. The molecule has 1 aliphatic heterocycles. The quantitative estimate of drug-likeness (QED) is 0.767. The van der Waals surface area contributed by atoms with Gasteiger partial charge in [0.1, 0.15) is 5.82 Å². The monoisotopic (exact) mass is 327 g/mol. The number of likely N-dealkylation sites (tertiary alicyclic amines) is 1. The van der Waals surface area contributed by atoms with E-state index in [1.54, 1.807) is 11.3 Å². The highest BCUT2D eigenvalue weighted by molar-refractivity contribution is 7.13. The molecule has 1 atom stereocenters. The van der Waals surface area contributed by atoms with Crippen LogP contribution in [0.2, 0.25) is 0 Å². The van der Waals surface area contributed by atoms with Crippen LogP contribution >= 0.6 is 11.3 Å². The number of thiazole rings is 1. The lowest BCUT2D eigenvalue weighted by Gasteiger charge is -2.21. The number of imidazole rings is 1. The van der Waals surface area contributed by atoms with Crippen LogP contribution in [0, 0.1) is 6.92 Å². The van der Waals surface area contributed by atoms with Gasteiger partial charge in [-0.05, 0) is 44.0 Å². The van der Waals surface area contributed by atoms with Crippen LogP contribution in [0.3, 0.4) is 0 Å². The molecule has 23 heavy (non-hydrogen) atoms. The van der Waals surface area contributed by atoms with Gasteiger partial charge in [-0.3, -0.25) is 4.90 Å². The van der Waals surface area contributed by atoms with E-state index in [1.165, 1.54) is 12.0 Å². The van der Waals surface area contributed by atoms with Gasteiger partial charge in [-0.2, -0.15) is 0 Å². The first-order chi connectivity index (χ1) is 11.2. The van der Waals surface area contributed by atoms with Gasteiger partial charge in [0.15, 0.2) is 5.13 Å². The third-order valence-corrected chi connectivity index (χ3v) is 5.37. The predicted molar refractivity (Wildman–Crippen MR) is 94.9 cm³/mol. The van der Waals surface area contributed by atoms with E-state index in [-0.39, 0.29) is 0 Å². The van der Waals surface area contributed by atoms with E-state index in [0.717, 1.165) is 47.2 Å². The fourth-order valence-corrected chi connectivity index (χ4v) is 3.99. The Morgan fingerprint density at radius 3 is 3.13 bits per heavy atom. The summed E-state index contributed by atoms with van der Waals surface area (Å²) < 4.78 is 0. The van der Waals surface area contributed by atoms with Crippen molar-refractivity contribution in [2.75, 3.05) is 18.9 Å². The Balaban J connectivity index is 1.58. The second kappa shape index (κ2) is 5.94. The first-order valence-corrected chi connectivity index (χ1v) is 8.93. The standard InChI is InChI=1S/C17H21N5S/c1-11-5-6-13-14(8-11)21-16(20-13)15-4-3-7-22(15)9-12-10-23-17(18-2)19-12/h5-6,8,10,15H,3-4,7,9H2,1-2H3,(H,18,19)(H,20,21). The zero-order valence-corrected chi connectivity index (χ0v) is 14.3. The van der Waals surface area contributed by atoms with Gasteiger partial charge in [-0.15, -0.1) is 11.3 Å². The highest BCUT2D eigenvalue weighted by Crippen LogP contribution is 2.33. The van der Waals surface area contributed by atoms with Gasteiger partial charge in [0.2, 0.25) is 0 Å². The molecular formula is C17H21N5S. The SMILES string of the molecule is CNc1nc(CN2CCCC2c2nc3ccc(C)cc3[nH]2)cs1. The molecule has 1 aliphatic rings. The molecule has 3 heterocycles. The van der Waals surface area contributed by atoms with Crippen LogP contribution in [-0.4, -0.2) is 33.4 Å². The highest BCUT2D eigenvalue weighted by Gasteiger charge is 2.29. The van der Waals surface area contributed by atoms with Crippen LogP contribution in [0.15, 0.2) is 23.6 Å². The summed E-state index contributed by atoms with van der Waals surface area (Å²) >= 11 is 1.66. The maximum Gasteiger partial charge on any atom is 0.182 e. The van der Waals surface area contributed by atoms with Crippen molar-refractivity contribution >= 4 is 27.5 Å². The average molecular weight is 327 g/mol. The van der Waals surface area contributed by atoms with Gasteiger partial charge in [0, 0.05) is 19.0 Å². The second-order valence-electron chi connectivity index (χ2n) is 6.17. The van der Waals surface area contributed by atoms with Crippen molar-refractivity contribution in [1.82, 2.24) is 19.9 Å². The zero-order valence-electron chi connectivity index (χ0n) is 13.5. The number of aryl methyl sites for hydroxylation is 1. The molecule has 1 saturated heterocycles. The molecule has 6 heteroatoms. The molecule has 2 aromatic heterocycles. The lowest BCUT2D eigenvalue weighted by atomic mass is 10.2. The van der Waals surface area contributed by atoms with Crippen molar-refractivity contribution in [3.05, 3.63) is 40.7 Å². The predicted octanol–water partition coefficient (Wildman–Crippen LogP) is 3.71. The molecule has 1 aromatic carbocycles. The molecule has 5 nitrogen and oxygen atoms in total. The van der Waals surface area contributed by atoms with E-state index in [9.17, 15) is 0 Å². The molecule has 0 bridgehead atoms. The lowest BCUT2D eigenvalue weighted by Crippen LogP contribution is -2.23. The number of hydrogen-bond acceptors (Lipinski definition) is 5. The number of H-pyrrole nitrogens is 1. The second-order valence-corrected chi connectivity index (χ2v) is 7.02. The molecule has 0 saturated carbocycles. The summed E-state index contributed by atoms with van der Waals surface area (Å²) in [5, 5.41) is 6.23. The normalized spacial score (nSPS) is 18.8. The van der Waals surface area contributed by atoms with Crippen molar-refractivity contribution in [1.29, 1.82) is 0 Å². The summed E-state index contributed by atoms with van der Waals surface area (Å²) in [6, 6.07) is 6.75. The largest absolute Gasteiger partial charge is 0.365 e. The molecule has 0 aliphatic carbocycles. The third kappa shape index (κ3) is 2.84. The first-order valence-electron chi connectivity index (χ1n) is 8.05. The maximum absolute atomic E-state index is 4.82. The zero-order chi connectivity index (χ0) is 15.8. The molecule has 1 unspecified atom stereocenters. The van der Waals surface area contributed by atoms with Crippen LogP contribution in [-0.2, 0) is 6.54 Å². The van der Waals surface area contributed by atoms with Crippen LogP contribution < -0.4 is 5.32 Å². The topological polar surface area (TPSA) is 56.8 Å². The summed E-state index contributed by atoms with van der Waals surface area (Å²) in [5.41, 5.74) is 4.60. The number of nitrogens with one attached hydrogen (secondary N) is 2. The lowest BCUT2D eigenvalue weighted by molar-refractivity contribution is 0.239. The first kappa shape index (κ1) is 14.7. The molecule has 120 valence electrons. The van der Waals surface area contributed by atoms with E-state index < -0.39 is 0 Å². The molecule has 0 spiro atoms. The summed E-state index contributed by atoms with van der Waals surface area (Å²) in [4.78, 5) is 15.4. The Hall–Kier alpha value is -1.92. The summed E-state index contributed by atoms with van der Waals surface area (Å²) in [7, 11) is 1.91. The Morgan fingerprint density at radius 2 is 2.30 bits per heavy atom. The molecule has 2 N–H and O–H groups in total. The average Bonchev–Trinajstić information content (AvgIpc) is 3.25. The molecule has 0 amide bonds. The molecular weight excluding hydrogens is 306 g/mol. The Kier molecular flexibility index (Phi) is 3.79. The number of aromatic amines is 1. The molecule has 4 rings (SSSR count). The Bertz CT molecular complexity index is 821. The van der Waals surface area contributed by atoms with Crippen molar-refractivity contribution in [2.45, 2.75) is 32.4 Å². The van der Waals surface area contributed by atoms with Gasteiger partial charge in [0.25, 0.3) is 0 Å². The van der Waals surface area contributed by atoms with Gasteiger partial charge < -0.3 is 10.3 Å². The fourth-order valence-electron chi connectivity index (χ4n) is 3.33. The fraction of sp³-hybridized carbons (Fsp3) is 0.412. The highest BCUT2D eigenvalue weighted by atomic mass is 32.1. The number of aromatic nitrogens is 3. The van der Waals surface area contributed by atoms with E-state index in [1.807, 2.05) is 7.05 Å². The Labute approximate surface area is 139 Å². The van der Waals surface area contributed by atoms with Gasteiger partial charge in [-0.25, -0.2) is 9.97 Å². The number of anilines is 1. The van der Waals surface area contributed by atoms with Gasteiger partial charge in [0.05, 0.1) is 22.8 Å².